The van der Waals surface area contributed by atoms with E-state index in [-0.39, 0.29) is 17.9 Å². The Morgan fingerprint density at radius 2 is 2.04 bits per heavy atom. The van der Waals surface area contributed by atoms with Crippen molar-refractivity contribution in [2.45, 2.75) is 52.2 Å². The van der Waals surface area contributed by atoms with Crippen molar-refractivity contribution in [3.05, 3.63) is 23.8 Å². The molecule has 2 N–H and O–H groups in total. The van der Waals surface area contributed by atoms with E-state index in [1.165, 1.54) is 0 Å². The second kappa shape index (κ2) is 9.09. The molecule has 1 aliphatic rings. The van der Waals surface area contributed by atoms with Crippen LogP contribution < -0.4 is 10.6 Å². The molecule has 1 atom stereocenters. The van der Waals surface area contributed by atoms with Crippen LogP contribution in [0.1, 0.15) is 45.1 Å². The molecule has 5 heteroatoms. The van der Waals surface area contributed by atoms with Crippen molar-refractivity contribution < 1.29 is 9.53 Å². The van der Waals surface area contributed by atoms with Gasteiger partial charge in [0, 0.05) is 51.1 Å². The van der Waals surface area contributed by atoms with Crippen molar-refractivity contribution in [1.29, 1.82) is 0 Å². The van der Waals surface area contributed by atoms with Gasteiger partial charge in [0.05, 0.1) is 6.10 Å². The van der Waals surface area contributed by atoms with E-state index < -0.39 is 0 Å². The van der Waals surface area contributed by atoms with Crippen LogP contribution in [0.25, 0.3) is 0 Å². The van der Waals surface area contributed by atoms with E-state index in [2.05, 4.69) is 18.7 Å². The largest absolute Gasteiger partial charge is 0.399 e. The lowest BCUT2D eigenvalue weighted by Gasteiger charge is -2.30. The van der Waals surface area contributed by atoms with Gasteiger partial charge < -0.3 is 20.3 Å². The SMILES string of the molecule is CCC(CC)C(=O)N(Cc1cc(N)ccc1N(C)C)CC1CCCO1. The quantitative estimate of drug-likeness (QED) is 0.733. The zero-order valence-corrected chi connectivity index (χ0v) is 16.1. The van der Waals surface area contributed by atoms with Gasteiger partial charge >= 0.3 is 0 Å². The highest BCUT2D eigenvalue weighted by molar-refractivity contribution is 5.79. The smallest absolute Gasteiger partial charge is 0.226 e. The first-order valence-electron chi connectivity index (χ1n) is 9.42. The van der Waals surface area contributed by atoms with Crippen LogP contribution in [0.4, 0.5) is 11.4 Å². The third-order valence-electron chi connectivity index (χ3n) is 5.04. The number of carbonyl (C=O) groups is 1. The minimum absolute atomic E-state index is 0.0743. The molecule has 0 aromatic heterocycles. The number of rotatable bonds is 8. The fraction of sp³-hybridized carbons (Fsp3) is 0.650. The van der Waals surface area contributed by atoms with E-state index in [4.69, 9.17) is 10.5 Å². The highest BCUT2D eigenvalue weighted by Crippen LogP contribution is 2.25. The van der Waals surface area contributed by atoms with Gasteiger partial charge in [0.15, 0.2) is 0 Å². The molecule has 0 bridgehead atoms. The average Bonchev–Trinajstić information content (AvgIpc) is 3.08. The number of hydrogen-bond donors (Lipinski definition) is 1. The van der Waals surface area contributed by atoms with Gasteiger partial charge in [-0.15, -0.1) is 0 Å². The minimum Gasteiger partial charge on any atom is -0.399 e. The summed E-state index contributed by atoms with van der Waals surface area (Å²) in [6.45, 7) is 6.22. The predicted octanol–water partition coefficient (Wildman–Crippen LogP) is 3.28. The van der Waals surface area contributed by atoms with Crippen molar-refractivity contribution in [1.82, 2.24) is 4.90 Å². The third-order valence-corrected chi connectivity index (χ3v) is 5.04. The van der Waals surface area contributed by atoms with Crippen LogP contribution in [-0.4, -0.2) is 44.2 Å². The van der Waals surface area contributed by atoms with Crippen LogP contribution in [0.3, 0.4) is 0 Å². The summed E-state index contributed by atoms with van der Waals surface area (Å²) < 4.78 is 5.79. The van der Waals surface area contributed by atoms with Crippen LogP contribution >= 0.6 is 0 Å². The molecule has 0 saturated carbocycles. The van der Waals surface area contributed by atoms with Crippen molar-refractivity contribution in [2.75, 3.05) is 37.9 Å². The number of hydrogen-bond acceptors (Lipinski definition) is 4. The van der Waals surface area contributed by atoms with Gasteiger partial charge in [-0.3, -0.25) is 4.79 Å². The van der Waals surface area contributed by atoms with E-state index in [1.807, 2.05) is 37.2 Å². The minimum atomic E-state index is 0.0743. The van der Waals surface area contributed by atoms with E-state index >= 15 is 0 Å². The number of nitrogen functional groups attached to an aromatic ring is 1. The molecular weight excluding hydrogens is 314 g/mol. The Morgan fingerprint density at radius 3 is 2.60 bits per heavy atom. The Bertz CT molecular complexity index is 564. The molecule has 1 aromatic carbocycles. The van der Waals surface area contributed by atoms with E-state index in [1.54, 1.807) is 0 Å². The molecule has 0 radical (unpaired) electrons. The zero-order chi connectivity index (χ0) is 18.4. The summed E-state index contributed by atoms with van der Waals surface area (Å²) in [5.41, 5.74) is 8.92. The molecule has 1 amide bonds. The molecule has 1 aromatic rings. The molecule has 140 valence electrons. The van der Waals surface area contributed by atoms with Crippen LogP contribution in [0.15, 0.2) is 18.2 Å². The lowest BCUT2D eigenvalue weighted by atomic mass is 10.0. The number of carbonyl (C=O) groups excluding carboxylic acids is 1. The van der Waals surface area contributed by atoms with Gasteiger partial charge in [-0.2, -0.15) is 0 Å². The Hall–Kier alpha value is -1.75. The normalized spacial score (nSPS) is 17.1. The summed E-state index contributed by atoms with van der Waals surface area (Å²) in [5, 5.41) is 0. The molecular formula is C20H33N3O2. The number of anilines is 2. The first-order valence-corrected chi connectivity index (χ1v) is 9.42. The van der Waals surface area contributed by atoms with E-state index in [0.717, 1.165) is 49.2 Å². The van der Waals surface area contributed by atoms with Crippen molar-refractivity contribution in [3.63, 3.8) is 0 Å². The molecule has 0 spiro atoms. The number of benzene rings is 1. The second-order valence-corrected chi connectivity index (χ2v) is 7.15. The molecule has 1 unspecified atom stereocenters. The van der Waals surface area contributed by atoms with E-state index in [9.17, 15) is 4.79 Å². The third kappa shape index (κ3) is 5.11. The summed E-state index contributed by atoms with van der Waals surface area (Å²) in [6.07, 6.45) is 4.01. The summed E-state index contributed by atoms with van der Waals surface area (Å²) in [7, 11) is 4.03. The van der Waals surface area contributed by atoms with Crippen molar-refractivity contribution in [3.8, 4) is 0 Å². The standard InChI is InChI=1S/C20H33N3O2/c1-5-15(6-2)20(24)23(14-18-8-7-11-25-18)13-16-12-17(21)9-10-19(16)22(3)4/h9-10,12,15,18H,5-8,11,13-14,21H2,1-4H3. The van der Waals surface area contributed by atoms with Crippen LogP contribution in [0.5, 0.6) is 0 Å². The number of nitrogens with two attached hydrogens (primary N) is 1. The summed E-state index contributed by atoms with van der Waals surface area (Å²) >= 11 is 0. The maximum atomic E-state index is 13.1. The summed E-state index contributed by atoms with van der Waals surface area (Å²) in [4.78, 5) is 17.1. The fourth-order valence-electron chi connectivity index (χ4n) is 3.54. The zero-order valence-electron chi connectivity index (χ0n) is 16.1. The Kier molecular flexibility index (Phi) is 7.12. The van der Waals surface area contributed by atoms with Gasteiger partial charge in [0.2, 0.25) is 5.91 Å². The Morgan fingerprint density at radius 1 is 1.32 bits per heavy atom. The van der Waals surface area contributed by atoms with Crippen molar-refractivity contribution >= 4 is 17.3 Å². The monoisotopic (exact) mass is 347 g/mol. The van der Waals surface area contributed by atoms with Gasteiger partial charge in [-0.25, -0.2) is 0 Å². The molecule has 1 aliphatic heterocycles. The molecule has 25 heavy (non-hydrogen) atoms. The number of ether oxygens (including phenoxy) is 1. The molecule has 5 nitrogen and oxygen atoms in total. The number of nitrogens with zero attached hydrogens (tertiary/aromatic N) is 2. The topological polar surface area (TPSA) is 58.8 Å². The van der Waals surface area contributed by atoms with Gasteiger partial charge in [0.1, 0.15) is 0 Å². The van der Waals surface area contributed by atoms with Crippen LogP contribution in [0, 0.1) is 5.92 Å². The first-order chi connectivity index (χ1) is 12.0. The second-order valence-electron chi connectivity index (χ2n) is 7.15. The van der Waals surface area contributed by atoms with Crippen LogP contribution in [0.2, 0.25) is 0 Å². The maximum Gasteiger partial charge on any atom is 0.226 e. The predicted molar refractivity (Wildman–Crippen MR) is 104 cm³/mol. The Labute approximate surface area is 152 Å². The molecule has 2 rings (SSSR count). The highest BCUT2D eigenvalue weighted by Gasteiger charge is 2.27. The van der Waals surface area contributed by atoms with Crippen molar-refractivity contribution in [2.24, 2.45) is 5.92 Å². The lowest BCUT2D eigenvalue weighted by Crippen LogP contribution is -2.40. The van der Waals surface area contributed by atoms with Gasteiger partial charge in [0.25, 0.3) is 0 Å². The summed E-state index contributed by atoms with van der Waals surface area (Å²) in [5.74, 6) is 0.304. The molecule has 1 heterocycles. The maximum absolute atomic E-state index is 13.1. The molecule has 0 aliphatic carbocycles. The average molecular weight is 348 g/mol. The molecule has 1 saturated heterocycles. The van der Waals surface area contributed by atoms with Gasteiger partial charge in [-0.05, 0) is 49.4 Å². The van der Waals surface area contributed by atoms with Gasteiger partial charge in [-0.1, -0.05) is 13.8 Å². The highest BCUT2D eigenvalue weighted by atomic mass is 16.5. The van der Waals surface area contributed by atoms with Crippen LogP contribution in [-0.2, 0) is 16.1 Å². The molecule has 1 fully saturated rings. The Balaban J connectivity index is 2.25. The summed E-state index contributed by atoms with van der Waals surface area (Å²) in [6, 6.07) is 5.92. The van der Waals surface area contributed by atoms with E-state index in [0.29, 0.717) is 13.1 Å². The lowest BCUT2D eigenvalue weighted by molar-refractivity contribution is -0.138. The fourth-order valence-corrected chi connectivity index (χ4v) is 3.54. The first kappa shape index (κ1) is 19.6. The number of amides is 1.